The Bertz CT molecular complexity index is 384. The Morgan fingerprint density at radius 1 is 0.941 bits per heavy atom. The smallest absolute Gasteiger partial charge is 0.309 e. The molecule has 0 heterocycles. The molecule has 0 aromatic carbocycles. The molecule has 4 aliphatic rings. The molecule has 2 unspecified atom stereocenters. The molecule has 0 saturated heterocycles. The first kappa shape index (κ1) is 11.1. The number of carbonyl (C=O) groups is 2. The van der Waals surface area contributed by atoms with Crippen LogP contribution in [0.4, 0.5) is 0 Å². The molecule has 4 rings (SSSR count). The molecule has 0 radical (unpaired) electrons. The lowest BCUT2D eigenvalue weighted by atomic mass is 9.40. The molecule has 4 heteroatoms. The van der Waals surface area contributed by atoms with Gasteiger partial charge in [-0.05, 0) is 49.9 Å². The molecule has 94 valence electrons. The molecule has 17 heavy (non-hydrogen) atoms. The SMILES string of the molecule is CC12CC3CC(C(=O)O)(C1)CC(C(=O)O)(C3)C2. The van der Waals surface area contributed by atoms with Crippen LogP contribution in [0.25, 0.3) is 0 Å². The summed E-state index contributed by atoms with van der Waals surface area (Å²) in [7, 11) is 0. The van der Waals surface area contributed by atoms with Crippen molar-refractivity contribution in [3.05, 3.63) is 0 Å². The van der Waals surface area contributed by atoms with Crippen molar-refractivity contribution < 1.29 is 19.8 Å². The van der Waals surface area contributed by atoms with Gasteiger partial charge >= 0.3 is 11.9 Å². The average molecular weight is 238 g/mol. The van der Waals surface area contributed by atoms with E-state index in [1.807, 2.05) is 0 Å². The third-order valence-electron chi connectivity index (χ3n) is 5.25. The Labute approximate surface area is 100 Å². The van der Waals surface area contributed by atoms with Crippen molar-refractivity contribution in [3.63, 3.8) is 0 Å². The number of rotatable bonds is 2. The zero-order valence-electron chi connectivity index (χ0n) is 10.0. The second kappa shape index (κ2) is 2.85. The van der Waals surface area contributed by atoms with Gasteiger partial charge in [-0.3, -0.25) is 9.59 Å². The number of carboxylic acids is 2. The van der Waals surface area contributed by atoms with E-state index in [2.05, 4.69) is 6.92 Å². The van der Waals surface area contributed by atoms with Crippen LogP contribution in [0.3, 0.4) is 0 Å². The molecule has 4 saturated carbocycles. The summed E-state index contributed by atoms with van der Waals surface area (Å²) in [4.78, 5) is 23.1. The van der Waals surface area contributed by atoms with Gasteiger partial charge in [0.05, 0.1) is 10.8 Å². The van der Waals surface area contributed by atoms with Crippen LogP contribution in [0.5, 0.6) is 0 Å². The monoisotopic (exact) mass is 238 g/mol. The van der Waals surface area contributed by atoms with Crippen molar-refractivity contribution in [1.82, 2.24) is 0 Å². The highest BCUT2D eigenvalue weighted by molar-refractivity contribution is 5.81. The summed E-state index contributed by atoms with van der Waals surface area (Å²) in [5.74, 6) is -1.26. The maximum atomic E-state index is 11.6. The molecular formula is C13H18O4. The van der Waals surface area contributed by atoms with Gasteiger partial charge in [0.2, 0.25) is 0 Å². The molecule has 0 aromatic heterocycles. The van der Waals surface area contributed by atoms with Crippen LogP contribution in [-0.2, 0) is 9.59 Å². The maximum Gasteiger partial charge on any atom is 0.309 e. The molecule has 0 aromatic rings. The van der Waals surface area contributed by atoms with Crippen LogP contribution in [0.15, 0.2) is 0 Å². The average Bonchev–Trinajstić information content (AvgIpc) is 2.12. The van der Waals surface area contributed by atoms with Crippen molar-refractivity contribution in [3.8, 4) is 0 Å². The summed E-state index contributed by atoms with van der Waals surface area (Å²) in [6.45, 7) is 2.08. The van der Waals surface area contributed by atoms with Gasteiger partial charge in [-0.2, -0.15) is 0 Å². The van der Waals surface area contributed by atoms with E-state index < -0.39 is 22.8 Å². The lowest BCUT2D eigenvalue weighted by Gasteiger charge is -2.63. The fourth-order valence-corrected chi connectivity index (χ4v) is 5.40. The standard InChI is InChI=1S/C13H18O4/c1-11-2-8-3-12(5-11,9(14)15)7-13(4-8,6-11)10(16)17/h8H,2-7H2,1H3,(H,14,15)(H,16,17). The zero-order chi connectivity index (χ0) is 12.5. The highest BCUT2D eigenvalue weighted by Gasteiger charge is 2.66. The quantitative estimate of drug-likeness (QED) is 0.772. The fourth-order valence-electron chi connectivity index (χ4n) is 5.40. The molecule has 0 spiro atoms. The van der Waals surface area contributed by atoms with E-state index in [4.69, 9.17) is 0 Å². The first-order valence-corrected chi connectivity index (χ1v) is 6.26. The van der Waals surface area contributed by atoms with Crippen molar-refractivity contribution in [2.75, 3.05) is 0 Å². The number of aliphatic carboxylic acids is 2. The van der Waals surface area contributed by atoms with E-state index in [1.54, 1.807) is 0 Å². The van der Waals surface area contributed by atoms with E-state index in [0.29, 0.717) is 38.0 Å². The third-order valence-corrected chi connectivity index (χ3v) is 5.25. The zero-order valence-corrected chi connectivity index (χ0v) is 10.0. The van der Waals surface area contributed by atoms with Gasteiger partial charge in [-0.25, -0.2) is 0 Å². The van der Waals surface area contributed by atoms with E-state index in [0.717, 1.165) is 6.42 Å². The van der Waals surface area contributed by atoms with Gasteiger partial charge in [0.15, 0.2) is 0 Å². The van der Waals surface area contributed by atoms with Crippen molar-refractivity contribution in [1.29, 1.82) is 0 Å². The third kappa shape index (κ3) is 1.30. The van der Waals surface area contributed by atoms with Crippen LogP contribution in [0, 0.1) is 22.2 Å². The summed E-state index contributed by atoms with van der Waals surface area (Å²) in [5.41, 5.74) is -1.59. The Hall–Kier alpha value is -1.06. The Morgan fingerprint density at radius 2 is 1.41 bits per heavy atom. The highest BCUT2D eigenvalue weighted by atomic mass is 16.4. The number of hydrogen-bond donors (Lipinski definition) is 2. The number of carboxylic acid groups (broad SMARTS) is 2. The van der Waals surface area contributed by atoms with E-state index in [-0.39, 0.29) is 5.41 Å². The summed E-state index contributed by atoms with van der Waals surface area (Å²) < 4.78 is 0. The van der Waals surface area contributed by atoms with Gasteiger partial charge < -0.3 is 10.2 Å². The van der Waals surface area contributed by atoms with Crippen LogP contribution >= 0.6 is 0 Å². The van der Waals surface area contributed by atoms with Crippen LogP contribution in [-0.4, -0.2) is 22.2 Å². The van der Waals surface area contributed by atoms with Crippen molar-refractivity contribution in [2.24, 2.45) is 22.2 Å². The molecule has 4 bridgehead atoms. The molecule has 2 N–H and O–H groups in total. The lowest BCUT2D eigenvalue weighted by molar-refractivity contribution is -0.199. The van der Waals surface area contributed by atoms with E-state index in [9.17, 15) is 19.8 Å². The second-order valence-corrected chi connectivity index (χ2v) is 6.99. The minimum absolute atomic E-state index is 0.0732. The Balaban J connectivity index is 2.09. The van der Waals surface area contributed by atoms with Gasteiger partial charge in [0.1, 0.15) is 0 Å². The minimum atomic E-state index is -0.779. The first-order valence-electron chi connectivity index (χ1n) is 6.26. The van der Waals surface area contributed by atoms with Gasteiger partial charge in [0.25, 0.3) is 0 Å². The molecule has 4 fully saturated rings. The summed E-state index contributed by atoms with van der Waals surface area (Å²) >= 11 is 0. The molecule has 4 nitrogen and oxygen atoms in total. The molecule has 0 amide bonds. The summed E-state index contributed by atoms with van der Waals surface area (Å²) in [6.07, 6.45) is 4.06. The van der Waals surface area contributed by atoms with Gasteiger partial charge in [0, 0.05) is 0 Å². The Kier molecular flexibility index (Phi) is 1.85. The highest BCUT2D eigenvalue weighted by Crippen LogP contribution is 2.69. The topological polar surface area (TPSA) is 74.6 Å². The second-order valence-electron chi connectivity index (χ2n) is 6.99. The predicted octanol–water partition coefficient (Wildman–Crippen LogP) is 2.13. The minimum Gasteiger partial charge on any atom is -0.481 e. The summed E-state index contributed by atoms with van der Waals surface area (Å²) in [6, 6.07) is 0. The van der Waals surface area contributed by atoms with Crippen molar-refractivity contribution >= 4 is 11.9 Å². The predicted molar refractivity (Wildman–Crippen MR) is 59.4 cm³/mol. The van der Waals surface area contributed by atoms with Crippen LogP contribution in [0.1, 0.15) is 45.4 Å². The molecular weight excluding hydrogens is 220 g/mol. The van der Waals surface area contributed by atoms with Gasteiger partial charge in [-0.1, -0.05) is 6.92 Å². The summed E-state index contributed by atoms with van der Waals surface area (Å²) in [5, 5.41) is 19.0. The van der Waals surface area contributed by atoms with E-state index >= 15 is 0 Å². The number of hydrogen-bond acceptors (Lipinski definition) is 2. The normalized spacial score (nSPS) is 51.5. The van der Waals surface area contributed by atoms with Crippen LogP contribution in [0.2, 0.25) is 0 Å². The van der Waals surface area contributed by atoms with Crippen molar-refractivity contribution in [2.45, 2.75) is 45.4 Å². The largest absolute Gasteiger partial charge is 0.481 e. The lowest BCUT2D eigenvalue weighted by Crippen LogP contribution is -2.60. The first-order chi connectivity index (χ1) is 7.79. The molecule has 2 atom stereocenters. The molecule has 0 aliphatic heterocycles. The van der Waals surface area contributed by atoms with E-state index in [1.165, 1.54) is 0 Å². The Morgan fingerprint density at radius 3 is 1.76 bits per heavy atom. The van der Waals surface area contributed by atoms with Crippen LogP contribution < -0.4 is 0 Å². The fraction of sp³-hybridized carbons (Fsp3) is 0.846. The molecule has 4 aliphatic carbocycles. The maximum absolute atomic E-state index is 11.6. The van der Waals surface area contributed by atoms with Gasteiger partial charge in [-0.15, -0.1) is 0 Å².